The van der Waals surface area contributed by atoms with Gasteiger partial charge in [-0.1, -0.05) is 48.5 Å². The van der Waals surface area contributed by atoms with Crippen molar-refractivity contribution in [2.24, 2.45) is 0 Å². The fourth-order valence-corrected chi connectivity index (χ4v) is 3.34. The van der Waals surface area contributed by atoms with Crippen molar-refractivity contribution in [3.05, 3.63) is 83.4 Å². The van der Waals surface area contributed by atoms with Crippen LogP contribution in [0.15, 0.2) is 72.3 Å². The molecule has 146 valence electrons. The van der Waals surface area contributed by atoms with E-state index in [1.54, 1.807) is 24.3 Å². The van der Waals surface area contributed by atoms with Gasteiger partial charge in [0.15, 0.2) is 0 Å². The van der Waals surface area contributed by atoms with Crippen molar-refractivity contribution in [3.63, 3.8) is 0 Å². The van der Waals surface area contributed by atoms with Crippen molar-refractivity contribution in [1.29, 1.82) is 0 Å². The number of aromatic amines is 1. The molecule has 0 amide bonds. The van der Waals surface area contributed by atoms with Gasteiger partial charge in [0.05, 0.1) is 24.8 Å². The zero-order valence-electron chi connectivity index (χ0n) is 16.0. The molecule has 1 heterocycles. The number of ether oxygens (including phenoxy) is 2. The number of carbonyl (C=O) groups excluding carboxylic acids is 1. The first-order valence-corrected chi connectivity index (χ1v) is 9.30. The number of rotatable bonds is 6. The summed E-state index contributed by atoms with van der Waals surface area (Å²) in [5.41, 5.74) is 4.07. The highest BCUT2D eigenvalue weighted by molar-refractivity contribution is 6.09. The van der Waals surface area contributed by atoms with Gasteiger partial charge < -0.3 is 19.6 Å². The second-order valence-corrected chi connectivity index (χ2v) is 6.71. The molecular weight excluding hydrogens is 366 g/mol. The molecule has 0 aliphatic carbocycles. The molecule has 4 aromatic rings. The maximum atomic E-state index is 11.5. The topological polar surface area (TPSA) is 71.6 Å². The number of methoxy groups -OCH3 is 1. The molecule has 0 spiro atoms. The van der Waals surface area contributed by atoms with Crippen LogP contribution in [0.3, 0.4) is 0 Å². The molecule has 4 rings (SSSR count). The van der Waals surface area contributed by atoms with Crippen molar-refractivity contribution in [2.75, 3.05) is 20.3 Å². The lowest BCUT2D eigenvalue weighted by atomic mass is 10.1. The van der Waals surface area contributed by atoms with E-state index in [0.29, 0.717) is 5.56 Å². The predicted molar refractivity (Wildman–Crippen MR) is 114 cm³/mol. The van der Waals surface area contributed by atoms with Crippen LogP contribution in [0.1, 0.15) is 15.9 Å². The average Bonchev–Trinajstić information content (AvgIpc) is 3.16. The van der Waals surface area contributed by atoms with Crippen LogP contribution < -0.4 is 4.74 Å². The molecule has 3 aromatic carbocycles. The molecule has 2 N–H and O–H groups in total. The second-order valence-electron chi connectivity index (χ2n) is 6.71. The van der Waals surface area contributed by atoms with E-state index >= 15 is 0 Å². The number of hydrogen-bond acceptors (Lipinski definition) is 4. The largest absolute Gasteiger partial charge is 0.487 e. The van der Waals surface area contributed by atoms with Crippen molar-refractivity contribution < 1.29 is 19.4 Å². The normalized spacial score (nSPS) is 11.7. The predicted octanol–water partition coefficient (Wildman–Crippen LogP) is 4.56. The van der Waals surface area contributed by atoms with E-state index in [4.69, 9.17) is 9.47 Å². The van der Waals surface area contributed by atoms with E-state index in [-0.39, 0.29) is 19.2 Å². The highest BCUT2D eigenvalue weighted by atomic mass is 16.5. The van der Waals surface area contributed by atoms with E-state index < -0.39 is 0 Å². The summed E-state index contributed by atoms with van der Waals surface area (Å²) in [6.45, 7) is 0.130. The van der Waals surface area contributed by atoms with Crippen LogP contribution in [-0.4, -0.2) is 36.4 Å². The van der Waals surface area contributed by atoms with Gasteiger partial charge in [-0.15, -0.1) is 0 Å². The van der Waals surface area contributed by atoms with Crippen LogP contribution in [0.25, 0.3) is 27.9 Å². The molecule has 5 nitrogen and oxygen atoms in total. The third-order valence-corrected chi connectivity index (χ3v) is 4.82. The van der Waals surface area contributed by atoms with Crippen LogP contribution >= 0.6 is 0 Å². The number of aliphatic hydroxyl groups excluding tert-OH is 1. The number of nitrogens with one attached hydrogen (secondary N) is 1. The quantitative estimate of drug-likeness (QED) is 0.476. The lowest BCUT2D eigenvalue weighted by Gasteiger charge is -2.09. The Kier molecular flexibility index (Phi) is 5.31. The van der Waals surface area contributed by atoms with Crippen LogP contribution in [0.4, 0.5) is 0 Å². The summed E-state index contributed by atoms with van der Waals surface area (Å²) in [7, 11) is 1.35. The Balaban J connectivity index is 1.55. The minimum atomic E-state index is -0.377. The fraction of sp³-hybridized carbons (Fsp3) is 0.125. The molecule has 0 fully saturated rings. The summed E-state index contributed by atoms with van der Waals surface area (Å²) in [4.78, 5) is 14.9. The summed E-state index contributed by atoms with van der Waals surface area (Å²) in [6.07, 6.45) is 1.85. The van der Waals surface area contributed by atoms with Gasteiger partial charge in [0, 0.05) is 16.3 Å². The van der Waals surface area contributed by atoms with Gasteiger partial charge in [-0.3, -0.25) is 0 Å². The Morgan fingerprint density at radius 1 is 1.00 bits per heavy atom. The lowest BCUT2D eigenvalue weighted by molar-refractivity contribution is 0.0600. The van der Waals surface area contributed by atoms with Gasteiger partial charge >= 0.3 is 5.97 Å². The third-order valence-electron chi connectivity index (χ3n) is 4.82. The molecule has 5 heteroatoms. The number of para-hydroxylation sites is 2. The number of esters is 1. The number of hydrogen-bond donors (Lipinski definition) is 2. The van der Waals surface area contributed by atoms with E-state index in [2.05, 4.69) is 17.1 Å². The molecule has 0 aliphatic rings. The first kappa shape index (κ1) is 18.8. The highest BCUT2D eigenvalue weighted by Gasteiger charge is 2.09. The molecule has 0 radical (unpaired) electrons. The number of aliphatic hydroxyl groups is 1. The highest BCUT2D eigenvalue weighted by Crippen LogP contribution is 2.31. The standard InChI is InChI=1S/C24H21NO4/c1-28-24(27)18-11-9-16(10-12-18)13-17(14-26)15-29-22-8-4-6-20-19-5-2-3-7-21(19)25-23(20)22/h2-13,25-26H,14-15H2,1H3. The Morgan fingerprint density at radius 2 is 1.76 bits per heavy atom. The van der Waals surface area contributed by atoms with Crippen molar-refractivity contribution in [1.82, 2.24) is 4.98 Å². The molecule has 0 saturated carbocycles. The maximum absolute atomic E-state index is 11.5. The summed E-state index contributed by atoms with van der Waals surface area (Å²) in [5, 5.41) is 12.0. The molecule has 0 saturated heterocycles. The molecule has 1 aromatic heterocycles. The van der Waals surface area contributed by atoms with Crippen LogP contribution in [-0.2, 0) is 4.74 Å². The first-order chi connectivity index (χ1) is 14.2. The second kappa shape index (κ2) is 8.20. The number of H-pyrrole nitrogens is 1. The summed E-state index contributed by atoms with van der Waals surface area (Å²) < 4.78 is 10.7. The van der Waals surface area contributed by atoms with Crippen molar-refractivity contribution in [2.45, 2.75) is 0 Å². The molecule has 0 bridgehead atoms. The Hall–Kier alpha value is -3.57. The van der Waals surface area contributed by atoms with Gasteiger partial charge in [0.1, 0.15) is 12.4 Å². The SMILES string of the molecule is COC(=O)c1ccc(C=C(CO)COc2cccc3c2[nH]c2ccccc23)cc1. The molecule has 0 unspecified atom stereocenters. The van der Waals surface area contributed by atoms with Crippen LogP contribution in [0.2, 0.25) is 0 Å². The van der Waals surface area contributed by atoms with Crippen LogP contribution in [0.5, 0.6) is 5.75 Å². The zero-order valence-corrected chi connectivity index (χ0v) is 16.0. The molecule has 0 aliphatic heterocycles. The zero-order chi connectivity index (χ0) is 20.2. The van der Waals surface area contributed by atoms with Gasteiger partial charge in [-0.05, 0) is 35.4 Å². The Morgan fingerprint density at radius 3 is 2.52 bits per heavy atom. The van der Waals surface area contributed by atoms with E-state index in [0.717, 1.165) is 38.7 Å². The van der Waals surface area contributed by atoms with Gasteiger partial charge in [-0.2, -0.15) is 0 Å². The van der Waals surface area contributed by atoms with E-state index in [1.807, 2.05) is 36.4 Å². The van der Waals surface area contributed by atoms with E-state index in [9.17, 15) is 9.90 Å². The van der Waals surface area contributed by atoms with Crippen LogP contribution in [0, 0.1) is 0 Å². The van der Waals surface area contributed by atoms with Crippen molar-refractivity contribution >= 4 is 33.9 Å². The van der Waals surface area contributed by atoms with Gasteiger partial charge in [-0.25, -0.2) is 4.79 Å². The smallest absolute Gasteiger partial charge is 0.337 e. The fourth-order valence-electron chi connectivity index (χ4n) is 3.34. The number of benzene rings is 3. The number of fused-ring (bicyclic) bond motifs is 3. The van der Waals surface area contributed by atoms with Gasteiger partial charge in [0.25, 0.3) is 0 Å². The summed E-state index contributed by atoms with van der Waals surface area (Å²) >= 11 is 0. The van der Waals surface area contributed by atoms with Crippen molar-refractivity contribution in [3.8, 4) is 5.75 Å². The first-order valence-electron chi connectivity index (χ1n) is 9.30. The minimum Gasteiger partial charge on any atom is -0.487 e. The lowest BCUT2D eigenvalue weighted by Crippen LogP contribution is -2.05. The molecule has 0 atom stereocenters. The maximum Gasteiger partial charge on any atom is 0.337 e. The summed E-state index contributed by atoms with van der Waals surface area (Å²) in [5.74, 6) is 0.358. The monoisotopic (exact) mass is 387 g/mol. The van der Waals surface area contributed by atoms with Gasteiger partial charge in [0.2, 0.25) is 0 Å². The molecule has 29 heavy (non-hydrogen) atoms. The number of carbonyl (C=O) groups is 1. The third kappa shape index (κ3) is 3.86. The molecular formula is C24H21NO4. The Bertz CT molecular complexity index is 1190. The number of aromatic nitrogens is 1. The summed E-state index contributed by atoms with van der Waals surface area (Å²) in [6, 6.07) is 21.1. The average molecular weight is 387 g/mol. The van der Waals surface area contributed by atoms with E-state index in [1.165, 1.54) is 7.11 Å². The Labute approximate surface area is 168 Å². The minimum absolute atomic E-state index is 0.124.